The molecule has 0 unspecified atom stereocenters. The van der Waals surface area contributed by atoms with Crippen molar-refractivity contribution in [1.82, 2.24) is 10.2 Å². The standard InChI is InChI=1S/C8H16N2OS/c1-10(2)8(11)6-3-7(12)5-9-4-6/h6-7,9,12H,3-5H2,1-2H3/t6-,7+/m1/s1. The van der Waals surface area contributed by atoms with E-state index in [-0.39, 0.29) is 11.8 Å². The quantitative estimate of drug-likeness (QED) is 0.567. The Balaban J connectivity index is 2.46. The third-order valence-electron chi connectivity index (χ3n) is 2.12. The van der Waals surface area contributed by atoms with Gasteiger partial charge >= 0.3 is 0 Å². The van der Waals surface area contributed by atoms with Gasteiger partial charge in [0.1, 0.15) is 0 Å². The number of carbonyl (C=O) groups is 1. The van der Waals surface area contributed by atoms with Crippen molar-refractivity contribution in [3.63, 3.8) is 0 Å². The maximum atomic E-state index is 11.5. The van der Waals surface area contributed by atoms with Gasteiger partial charge in [-0.05, 0) is 6.42 Å². The van der Waals surface area contributed by atoms with Crippen LogP contribution in [0.5, 0.6) is 0 Å². The SMILES string of the molecule is CN(C)C(=O)[C@H]1CNC[C@@H](S)C1. The lowest BCUT2D eigenvalue weighted by Gasteiger charge is -2.28. The van der Waals surface area contributed by atoms with Crippen LogP contribution in [0.2, 0.25) is 0 Å². The first kappa shape index (κ1) is 9.86. The van der Waals surface area contributed by atoms with Crippen molar-refractivity contribution in [2.24, 2.45) is 5.92 Å². The molecule has 1 aliphatic rings. The number of nitrogens with zero attached hydrogens (tertiary/aromatic N) is 1. The number of hydrogen-bond acceptors (Lipinski definition) is 3. The minimum Gasteiger partial charge on any atom is -0.349 e. The summed E-state index contributed by atoms with van der Waals surface area (Å²) in [6.45, 7) is 1.72. The van der Waals surface area contributed by atoms with Gasteiger partial charge < -0.3 is 10.2 Å². The molecule has 0 spiro atoms. The van der Waals surface area contributed by atoms with Gasteiger partial charge in [-0.1, -0.05) is 0 Å². The highest BCUT2D eigenvalue weighted by Crippen LogP contribution is 2.16. The molecule has 1 fully saturated rings. The highest BCUT2D eigenvalue weighted by atomic mass is 32.1. The normalized spacial score (nSPS) is 29.9. The molecule has 1 saturated heterocycles. The first-order valence-electron chi connectivity index (χ1n) is 4.21. The van der Waals surface area contributed by atoms with E-state index in [9.17, 15) is 4.79 Å². The van der Waals surface area contributed by atoms with Crippen LogP contribution in [-0.2, 0) is 4.79 Å². The Bertz CT molecular complexity index is 172. The van der Waals surface area contributed by atoms with E-state index < -0.39 is 0 Å². The predicted octanol–water partition coefficient (Wildman–Crippen LogP) is -0.0175. The van der Waals surface area contributed by atoms with Gasteiger partial charge in [0.2, 0.25) is 5.91 Å². The largest absolute Gasteiger partial charge is 0.349 e. The summed E-state index contributed by atoms with van der Waals surface area (Å²) in [6, 6.07) is 0. The molecular weight excluding hydrogens is 172 g/mol. The summed E-state index contributed by atoms with van der Waals surface area (Å²) in [4.78, 5) is 13.1. The first-order chi connectivity index (χ1) is 5.61. The highest BCUT2D eigenvalue weighted by molar-refractivity contribution is 7.81. The predicted molar refractivity (Wildman–Crippen MR) is 52.4 cm³/mol. The summed E-state index contributed by atoms with van der Waals surface area (Å²) in [6.07, 6.45) is 0.896. The monoisotopic (exact) mass is 188 g/mol. The van der Waals surface area contributed by atoms with Crippen LogP contribution in [0.4, 0.5) is 0 Å². The fourth-order valence-electron chi connectivity index (χ4n) is 1.47. The van der Waals surface area contributed by atoms with E-state index in [1.54, 1.807) is 19.0 Å². The average Bonchev–Trinajstić information content (AvgIpc) is 2.03. The van der Waals surface area contributed by atoms with Gasteiger partial charge in [-0.15, -0.1) is 0 Å². The number of amides is 1. The van der Waals surface area contributed by atoms with E-state index in [2.05, 4.69) is 17.9 Å². The zero-order valence-corrected chi connectivity index (χ0v) is 8.47. The van der Waals surface area contributed by atoms with Gasteiger partial charge in [0.05, 0.1) is 5.92 Å². The Hall–Kier alpha value is -0.220. The molecule has 0 aromatic heterocycles. The second-order valence-corrected chi connectivity index (χ2v) is 4.21. The second-order valence-electron chi connectivity index (χ2n) is 3.48. The molecule has 4 heteroatoms. The molecule has 1 heterocycles. The van der Waals surface area contributed by atoms with Crippen LogP contribution in [-0.4, -0.2) is 43.2 Å². The molecule has 2 atom stereocenters. The molecule has 1 aliphatic heterocycles. The first-order valence-corrected chi connectivity index (χ1v) is 4.73. The Morgan fingerprint density at radius 3 is 2.67 bits per heavy atom. The number of hydrogen-bond donors (Lipinski definition) is 2. The number of rotatable bonds is 1. The van der Waals surface area contributed by atoms with Crippen LogP contribution >= 0.6 is 12.6 Å². The van der Waals surface area contributed by atoms with E-state index in [0.29, 0.717) is 5.25 Å². The summed E-state index contributed by atoms with van der Waals surface area (Å²) in [5, 5.41) is 3.52. The van der Waals surface area contributed by atoms with Crippen molar-refractivity contribution in [1.29, 1.82) is 0 Å². The third-order valence-corrected chi connectivity index (χ3v) is 2.51. The van der Waals surface area contributed by atoms with E-state index in [0.717, 1.165) is 19.5 Å². The number of carbonyl (C=O) groups excluding carboxylic acids is 1. The molecule has 0 saturated carbocycles. The highest BCUT2D eigenvalue weighted by Gasteiger charge is 2.25. The molecule has 0 bridgehead atoms. The molecule has 1 rings (SSSR count). The number of piperidine rings is 1. The van der Waals surface area contributed by atoms with Crippen molar-refractivity contribution in [3.05, 3.63) is 0 Å². The van der Waals surface area contributed by atoms with Crippen LogP contribution in [0.25, 0.3) is 0 Å². The van der Waals surface area contributed by atoms with Crippen LogP contribution in [0, 0.1) is 5.92 Å². The summed E-state index contributed by atoms with van der Waals surface area (Å²) in [5.74, 6) is 0.331. The zero-order valence-electron chi connectivity index (χ0n) is 7.58. The lowest BCUT2D eigenvalue weighted by molar-refractivity contribution is -0.133. The zero-order chi connectivity index (χ0) is 9.14. The summed E-state index contributed by atoms with van der Waals surface area (Å²) in [5.41, 5.74) is 0. The average molecular weight is 188 g/mol. The van der Waals surface area contributed by atoms with Crippen LogP contribution < -0.4 is 5.32 Å². The Labute approximate surface area is 78.9 Å². The van der Waals surface area contributed by atoms with E-state index in [1.807, 2.05) is 0 Å². The van der Waals surface area contributed by atoms with Crippen molar-refractivity contribution in [2.45, 2.75) is 11.7 Å². The minimum atomic E-state index is 0.122. The molecule has 1 amide bonds. The molecule has 0 radical (unpaired) electrons. The van der Waals surface area contributed by atoms with Gasteiger partial charge in [0.15, 0.2) is 0 Å². The summed E-state index contributed by atoms with van der Waals surface area (Å²) >= 11 is 4.35. The van der Waals surface area contributed by atoms with Crippen molar-refractivity contribution in [2.75, 3.05) is 27.2 Å². The van der Waals surface area contributed by atoms with Gasteiger partial charge in [-0.2, -0.15) is 12.6 Å². The van der Waals surface area contributed by atoms with Gasteiger partial charge in [0.25, 0.3) is 0 Å². The van der Waals surface area contributed by atoms with Gasteiger partial charge in [0, 0.05) is 32.4 Å². The molecule has 0 aromatic rings. The molecule has 1 N–H and O–H groups in total. The van der Waals surface area contributed by atoms with E-state index in [1.165, 1.54) is 0 Å². The molecule has 0 aromatic carbocycles. The van der Waals surface area contributed by atoms with Crippen molar-refractivity contribution in [3.8, 4) is 0 Å². The summed E-state index contributed by atoms with van der Waals surface area (Å²) < 4.78 is 0. The van der Waals surface area contributed by atoms with Gasteiger partial charge in [-0.3, -0.25) is 4.79 Å². The lowest BCUT2D eigenvalue weighted by atomic mass is 9.98. The Morgan fingerprint density at radius 1 is 1.50 bits per heavy atom. The molecule has 12 heavy (non-hydrogen) atoms. The summed E-state index contributed by atoms with van der Waals surface area (Å²) in [7, 11) is 3.59. The van der Waals surface area contributed by atoms with E-state index in [4.69, 9.17) is 0 Å². The van der Waals surface area contributed by atoms with Crippen LogP contribution in [0.15, 0.2) is 0 Å². The number of thiol groups is 1. The lowest BCUT2D eigenvalue weighted by Crippen LogP contribution is -2.44. The smallest absolute Gasteiger partial charge is 0.226 e. The molecule has 0 aliphatic carbocycles. The van der Waals surface area contributed by atoms with Crippen LogP contribution in [0.3, 0.4) is 0 Å². The number of nitrogens with one attached hydrogen (secondary N) is 1. The molecule has 3 nitrogen and oxygen atoms in total. The second kappa shape index (κ2) is 4.14. The Kier molecular flexibility index (Phi) is 3.40. The minimum absolute atomic E-state index is 0.122. The molecular formula is C8H16N2OS. The topological polar surface area (TPSA) is 32.3 Å². The maximum Gasteiger partial charge on any atom is 0.226 e. The van der Waals surface area contributed by atoms with Gasteiger partial charge in [-0.25, -0.2) is 0 Å². The van der Waals surface area contributed by atoms with Crippen molar-refractivity contribution < 1.29 is 4.79 Å². The van der Waals surface area contributed by atoms with E-state index >= 15 is 0 Å². The van der Waals surface area contributed by atoms with Crippen molar-refractivity contribution >= 4 is 18.5 Å². The van der Waals surface area contributed by atoms with Crippen LogP contribution in [0.1, 0.15) is 6.42 Å². The maximum absolute atomic E-state index is 11.5. The third kappa shape index (κ3) is 2.38. The molecule has 70 valence electrons. The fraction of sp³-hybridized carbons (Fsp3) is 0.875. The fourth-order valence-corrected chi connectivity index (χ4v) is 1.86. The Morgan fingerprint density at radius 2 is 2.17 bits per heavy atom.